The van der Waals surface area contributed by atoms with Gasteiger partial charge in [0.1, 0.15) is 0 Å². The van der Waals surface area contributed by atoms with Gasteiger partial charge in [-0.05, 0) is 13.8 Å². The molecule has 0 N–H and O–H groups in total. The van der Waals surface area contributed by atoms with Crippen LogP contribution < -0.4 is 0 Å². The second-order valence-corrected chi connectivity index (χ2v) is 5.35. The van der Waals surface area contributed by atoms with Crippen molar-refractivity contribution in [3.8, 4) is 0 Å². The maximum Gasteiger partial charge on any atom is 0.340 e. The van der Waals surface area contributed by atoms with Crippen LogP contribution in [-0.2, 0) is 15.2 Å². The average Bonchev–Trinajstić information content (AvgIpc) is 2.87. The number of hydrogen-bond acceptors (Lipinski definition) is 5. The molecule has 0 bridgehead atoms. The summed E-state index contributed by atoms with van der Waals surface area (Å²) in [6.45, 7) is 3.86. The highest BCUT2D eigenvalue weighted by Gasteiger charge is 2.35. The van der Waals surface area contributed by atoms with Crippen LogP contribution in [0.4, 0.5) is 0 Å². The van der Waals surface area contributed by atoms with E-state index in [1.807, 2.05) is 18.4 Å². The minimum atomic E-state index is -0.494. The number of aromatic nitrogens is 1. The Morgan fingerprint density at radius 3 is 2.33 bits per heavy atom. The molecule has 6 heteroatoms. The average molecular weight is 269 g/mol. The molecule has 1 atom stereocenters. The molecule has 0 unspecified atom stereocenters. The number of fused-ring (bicyclic) bond motifs is 1. The van der Waals surface area contributed by atoms with Gasteiger partial charge in [0.2, 0.25) is 0 Å². The first-order chi connectivity index (χ1) is 8.52. The van der Waals surface area contributed by atoms with Crippen LogP contribution in [0.1, 0.15) is 44.4 Å². The Labute approximate surface area is 109 Å². The van der Waals surface area contributed by atoms with Gasteiger partial charge in [-0.15, -0.1) is 11.8 Å². The Balaban J connectivity index is 2.69. The van der Waals surface area contributed by atoms with Crippen LogP contribution in [0.2, 0.25) is 0 Å². The predicted molar refractivity (Wildman–Crippen MR) is 67.9 cm³/mol. The number of carbonyl (C=O) groups is 2. The van der Waals surface area contributed by atoms with Gasteiger partial charge in [0, 0.05) is 17.1 Å². The summed E-state index contributed by atoms with van der Waals surface area (Å²) in [6.07, 6.45) is 0. The van der Waals surface area contributed by atoms with E-state index < -0.39 is 11.9 Å². The quantitative estimate of drug-likeness (QED) is 0.770. The molecule has 18 heavy (non-hydrogen) atoms. The summed E-state index contributed by atoms with van der Waals surface area (Å²) in [5.41, 5.74) is 2.28. The second kappa shape index (κ2) is 4.68. The van der Waals surface area contributed by atoms with Gasteiger partial charge >= 0.3 is 11.9 Å². The van der Waals surface area contributed by atoms with Crippen molar-refractivity contribution in [2.75, 3.05) is 14.2 Å². The molecule has 1 aromatic rings. The van der Waals surface area contributed by atoms with Crippen molar-refractivity contribution in [1.29, 1.82) is 0 Å². The number of hydrogen-bond donors (Lipinski definition) is 0. The number of nitrogens with zero attached hydrogens (tertiary/aromatic N) is 1. The summed E-state index contributed by atoms with van der Waals surface area (Å²) in [5, 5.41) is 0.210. The fourth-order valence-electron chi connectivity index (χ4n) is 2.35. The summed E-state index contributed by atoms with van der Waals surface area (Å²) < 4.78 is 11.5. The topological polar surface area (TPSA) is 57.5 Å². The zero-order valence-corrected chi connectivity index (χ0v) is 11.6. The molecule has 1 aliphatic rings. The van der Waals surface area contributed by atoms with Crippen LogP contribution in [0, 0.1) is 6.92 Å². The summed E-state index contributed by atoms with van der Waals surface area (Å²) in [4.78, 5) is 23.7. The molecule has 0 aliphatic carbocycles. The van der Waals surface area contributed by atoms with E-state index in [-0.39, 0.29) is 5.37 Å². The molecular weight excluding hydrogens is 254 g/mol. The van der Waals surface area contributed by atoms with Gasteiger partial charge in [0.15, 0.2) is 0 Å². The molecule has 0 fully saturated rings. The maximum atomic E-state index is 11.9. The Morgan fingerprint density at radius 2 is 1.78 bits per heavy atom. The van der Waals surface area contributed by atoms with Crippen LogP contribution >= 0.6 is 11.8 Å². The van der Waals surface area contributed by atoms with Gasteiger partial charge < -0.3 is 14.0 Å². The van der Waals surface area contributed by atoms with E-state index in [0.29, 0.717) is 16.9 Å². The molecule has 0 spiro atoms. The monoisotopic (exact) mass is 269 g/mol. The molecule has 0 radical (unpaired) electrons. The van der Waals surface area contributed by atoms with Crippen molar-refractivity contribution >= 4 is 23.7 Å². The van der Waals surface area contributed by atoms with E-state index in [9.17, 15) is 9.59 Å². The van der Waals surface area contributed by atoms with Gasteiger partial charge in [-0.25, -0.2) is 9.59 Å². The van der Waals surface area contributed by atoms with E-state index >= 15 is 0 Å². The van der Waals surface area contributed by atoms with E-state index in [2.05, 4.69) is 0 Å². The van der Waals surface area contributed by atoms with Crippen molar-refractivity contribution in [3.05, 3.63) is 22.5 Å². The number of rotatable bonds is 2. The van der Waals surface area contributed by atoms with Crippen molar-refractivity contribution in [3.63, 3.8) is 0 Å². The van der Waals surface area contributed by atoms with Crippen LogP contribution in [-0.4, -0.2) is 30.7 Å². The second-order valence-electron chi connectivity index (χ2n) is 4.05. The molecule has 0 saturated heterocycles. The molecule has 0 amide bonds. The zero-order chi connectivity index (χ0) is 13.4. The summed E-state index contributed by atoms with van der Waals surface area (Å²) in [5.74, 6) is -0.280. The summed E-state index contributed by atoms with van der Waals surface area (Å²) >= 11 is 1.72. The van der Waals surface area contributed by atoms with Crippen LogP contribution in [0.5, 0.6) is 0 Å². The van der Waals surface area contributed by atoms with E-state index in [1.165, 1.54) is 14.2 Å². The number of carbonyl (C=O) groups excluding carboxylic acids is 2. The van der Waals surface area contributed by atoms with Crippen LogP contribution in [0.25, 0.3) is 0 Å². The molecule has 1 aliphatic heterocycles. The first-order valence-corrected chi connectivity index (χ1v) is 6.59. The minimum absolute atomic E-state index is 0.210. The number of esters is 2. The van der Waals surface area contributed by atoms with Crippen LogP contribution in [0.15, 0.2) is 0 Å². The van der Waals surface area contributed by atoms with E-state index in [1.54, 1.807) is 11.8 Å². The minimum Gasteiger partial charge on any atom is -0.465 e. The SMILES string of the molecule is COC(=O)c1c(C(=O)OC)c2n(c1C)[C@@H](C)SC2. The summed E-state index contributed by atoms with van der Waals surface area (Å²) in [6, 6.07) is 0. The van der Waals surface area contributed by atoms with Crippen molar-refractivity contribution in [2.24, 2.45) is 0 Å². The van der Waals surface area contributed by atoms with Gasteiger partial charge in [0.25, 0.3) is 0 Å². The first-order valence-electron chi connectivity index (χ1n) is 5.54. The lowest BCUT2D eigenvalue weighted by molar-refractivity contribution is 0.0555. The molecule has 1 aromatic heterocycles. The van der Waals surface area contributed by atoms with Crippen molar-refractivity contribution < 1.29 is 19.1 Å². The highest BCUT2D eigenvalue weighted by Crippen LogP contribution is 2.41. The Kier molecular flexibility index (Phi) is 3.38. The Morgan fingerprint density at radius 1 is 1.22 bits per heavy atom. The number of ether oxygens (including phenoxy) is 2. The van der Waals surface area contributed by atoms with Gasteiger partial charge in [-0.1, -0.05) is 0 Å². The molecule has 2 rings (SSSR count). The smallest absolute Gasteiger partial charge is 0.340 e. The number of thioether (sulfide) groups is 1. The Bertz CT molecular complexity index is 521. The zero-order valence-electron chi connectivity index (χ0n) is 10.8. The summed E-state index contributed by atoms with van der Waals surface area (Å²) in [7, 11) is 2.62. The van der Waals surface area contributed by atoms with Gasteiger partial charge in [-0.3, -0.25) is 0 Å². The molecule has 98 valence electrons. The van der Waals surface area contributed by atoms with E-state index in [4.69, 9.17) is 9.47 Å². The van der Waals surface area contributed by atoms with Gasteiger partial charge in [0.05, 0.1) is 30.7 Å². The van der Waals surface area contributed by atoms with Crippen molar-refractivity contribution in [2.45, 2.75) is 25.0 Å². The fraction of sp³-hybridized carbons (Fsp3) is 0.500. The number of methoxy groups -OCH3 is 2. The predicted octanol–water partition coefficient (Wildman–Crippen LogP) is 2.14. The third kappa shape index (κ3) is 1.71. The third-order valence-electron chi connectivity index (χ3n) is 3.16. The highest BCUT2D eigenvalue weighted by molar-refractivity contribution is 7.98. The van der Waals surface area contributed by atoms with Gasteiger partial charge in [-0.2, -0.15) is 0 Å². The largest absolute Gasteiger partial charge is 0.465 e. The maximum absolute atomic E-state index is 11.9. The van der Waals surface area contributed by atoms with Crippen molar-refractivity contribution in [1.82, 2.24) is 4.57 Å². The standard InChI is InChI=1S/C12H15NO4S/c1-6-9(11(14)16-3)10(12(15)17-4)8-5-18-7(2)13(6)8/h7H,5H2,1-4H3/t7-/m1/s1. The molecular formula is C12H15NO4S. The molecule has 5 nitrogen and oxygen atoms in total. The highest BCUT2D eigenvalue weighted by atomic mass is 32.2. The Hall–Kier alpha value is -1.43. The normalized spacial score (nSPS) is 17.4. The lowest BCUT2D eigenvalue weighted by Crippen LogP contribution is -2.12. The lowest BCUT2D eigenvalue weighted by atomic mass is 10.1. The van der Waals surface area contributed by atoms with Crippen LogP contribution in [0.3, 0.4) is 0 Å². The fourth-order valence-corrected chi connectivity index (χ4v) is 3.47. The molecule has 2 heterocycles. The lowest BCUT2D eigenvalue weighted by Gasteiger charge is -2.09. The third-order valence-corrected chi connectivity index (χ3v) is 4.29. The molecule has 0 saturated carbocycles. The first kappa shape index (κ1) is 13.0. The van der Waals surface area contributed by atoms with E-state index in [0.717, 1.165) is 11.4 Å². The molecule has 0 aromatic carbocycles.